The standard InChI is InChI=1S/C16H12F6N2O4/c1-7(26)13-9(16(20,21)22)4-8(15(17,18)19)5-10(13)23-11-6-12(27)24(2-3-25)14(11)28/h4-6,23,25H,2-3H2,1H3. The van der Waals surface area contributed by atoms with Gasteiger partial charge in [0.25, 0.3) is 11.8 Å². The molecule has 0 aliphatic carbocycles. The van der Waals surface area contributed by atoms with Crippen molar-refractivity contribution in [2.75, 3.05) is 18.5 Å². The number of amides is 2. The van der Waals surface area contributed by atoms with Gasteiger partial charge in [0, 0.05) is 6.08 Å². The lowest BCUT2D eigenvalue weighted by molar-refractivity contribution is -0.143. The molecule has 0 bridgehead atoms. The van der Waals surface area contributed by atoms with Crippen LogP contribution in [-0.2, 0) is 21.9 Å². The van der Waals surface area contributed by atoms with E-state index in [-0.39, 0.29) is 12.1 Å². The van der Waals surface area contributed by atoms with E-state index in [2.05, 4.69) is 0 Å². The number of nitrogens with one attached hydrogen (secondary N) is 1. The number of β-amino-alcohol motifs (C(OH)–C–C–N with tert-alkyl or cyclic N) is 1. The number of anilines is 1. The fourth-order valence-electron chi connectivity index (χ4n) is 2.56. The molecule has 0 unspecified atom stereocenters. The van der Waals surface area contributed by atoms with E-state index in [9.17, 15) is 40.7 Å². The average Bonchev–Trinajstić information content (AvgIpc) is 2.80. The van der Waals surface area contributed by atoms with E-state index < -0.39 is 71.2 Å². The van der Waals surface area contributed by atoms with Gasteiger partial charge < -0.3 is 10.4 Å². The lowest BCUT2D eigenvalue weighted by Gasteiger charge is -2.20. The van der Waals surface area contributed by atoms with Crippen LogP contribution in [0.25, 0.3) is 0 Å². The molecule has 12 heteroatoms. The largest absolute Gasteiger partial charge is 0.417 e. The van der Waals surface area contributed by atoms with Crippen molar-refractivity contribution in [2.24, 2.45) is 0 Å². The average molecular weight is 410 g/mol. The van der Waals surface area contributed by atoms with E-state index in [0.717, 1.165) is 6.92 Å². The second kappa shape index (κ2) is 7.26. The molecule has 6 nitrogen and oxygen atoms in total. The summed E-state index contributed by atoms with van der Waals surface area (Å²) in [6, 6.07) is 0.0508. The number of benzene rings is 1. The van der Waals surface area contributed by atoms with Gasteiger partial charge in [-0.05, 0) is 19.1 Å². The van der Waals surface area contributed by atoms with Crippen LogP contribution in [0.3, 0.4) is 0 Å². The maximum Gasteiger partial charge on any atom is 0.417 e. The predicted octanol–water partition coefficient (Wildman–Crippen LogP) is 2.58. The number of halogens is 6. The number of aliphatic hydroxyl groups is 1. The van der Waals surface area contributed by atoms with Crippen molar-refractivity contribution >= 4 is 23.3 Å². The van der Waals surface area contributed by atoms with E-state index in [1.54, 1.807) is 0 Å². The fraction of sp³-hybridized carbons (Fsp3) is 0.312. The molecule has 0 saturated heterocycles. The molecule has 1 aromatic carbocycles. The maximum atomic E-state index is 13.3. The van der Waals surface area contributed by atoms with Crippen molar-refractivity contribution in [2.45, 2.75) is 19.3 Å². The molecule has 1 aliphatic rings. The van der Waals surface area contributed by atoms with Gasteiger partial charge in [0.1, 0.15) is 5.70 Å². The monoisotopic (exact) mass is 410 g/mol. The maximum absolute atomic E-state index is 13.3. The van der Waals surface area contributed by atoms with Crippen molar-refractivity contribution in [1.29, 1.82) is 0 Å². The molecule has 2 N–H and O–H groups in total. The lowest BCUT2D eigenvalue weighted by Crippen LogP contribution is -2.34. The first-order chi connectivity index (χ1) is 12.8. The zero-order valence-electron chi connectivity index (χ0n) is 14.0. The zero-order valence-corrected chi connectivity index (χ0v) is 14.0. The van der Waals surface area contributed by atoms with Gasteiger partial charge in [0.05, 0.1) is 35.5 Å². The molecule has 0 atom stereocenters. The Kier molecular flexibility index (Phi) is 5.55. The second-order valence-corrected chi connectivity index (χ2v) is 5.70. The molecule has 2 rings (SSSR count). The third-order valence-corrected chi connectivity index (χ3v) is 3.73. The van der Waals surface area contributed by atoms with E-state index >= 15 is 0 Å². The Bertz CT molecular complexity index is 873. The lowest BCUT2D eigenvalue weighted by atomic mass is 9.97. The van der Waals surface area contributed by atoms with Gasteiger partial charge in [-0.2, -0.15) is 26.3 Å². The van der Waals surface area contributed by atoms with Crippen LogP contribution in [0.2, 0.25) is 0 Å². The summed E-state index contributed by atoms with van der Waals surface area (Å²) in [7, 11) is 0. The Hall–Kier alpha value is -2.89. The molecule has 0 spiro atoms. The number of hydrogen-bond donors (Lipinski definition) is 2. The molecular formula is C16H12F6N2O4. The number of carbonyl (C=O) groups is 3. The Balaban J connectivity index is 2.63. The molecule has 1 aliphatic heterocycles. The van der Waals surface area contributed by atoms with Crippen LogP contribution in [0.1, 0.15) is 28.4 Å². The first-order valence-electron chi connectivity index (χ1n) is 7.56. The minimum atomic E-state index is -5.29. The smallest absolute Gasteiger partial charge is 0.395 e. The number of hydrogen-bond acceptors (Lipinski definition) is 5. The summed E-state index contributed by atoms with van der Waals surface area (Å²) < 4.78 is 78.9. The number of rotatable bonds is 5. The van der Waals surface area contributed by atoms with Gasteiger partial charge in [0.15, 0.2) is 5.78 Å². The minimum absolute atomic E-state index is 0.198. The van der Waals surface area contributed by atoms with Gasteiger partial charge in [-0.1, -0.05) is 0 Å². The fourth-order valence-corrected chi connectivity index (χ4v) is 2.56. The summed E-state index contributed by atoms with van der Waals surface area (Å²) in [5, 5.41) is 10.9. The molecule has 152 valence electrons. The van der Waals surface area contributed by atoms with Crippen LogP contribution in [0.4, 0.5) is 32.0 Å². The summed E-state index contributed by atoms with van der Waals surface area (Å²) >= 11 is 0. The number of imide groups is 1. The molecule has 2 amide bonds. The summed E-state index contributed by atoms with van der Waals surface area (Å²) in [4.78, 5) is 36.1. The van der Waals surface area contributed by atoms with Crippen LogP contribution in [0, 0.1) is 0 Å². The zero-order chi connectivity index (χ0) is 21.4. The number of nitrogens with zero attached hydrogens (tertiary/aromatic N) is 1. The highest BCUT2D eigenvalue weighted by atomic mass is 19.4. The number of carbonyl (C=O) groups excluding carboxylic acids is 3. The SMILES string of the molecule is CC(=O)c1c(NC2=CC(=O)N(CCO)C2=O)cc(C(F)(F)F)cc1C(F)(F)F. The van der Waals surface area contributed by atoms with Crippen LogP contribution >= 0.6 is 0 Å². The highest BCUT2D eigenvalue weighted by Crippen LogP contribution is 2.41. The molecular weight excluding hydrogens is 398 g/mol. The van der Waals surface area contributed by atoms with E-state index in [0.29, 0.717) is 11.0 Å². The highest BCUT2D eigenvalue weighted by molar-refractivity contribution is 6.18. The highest BCUT2D eigenvalue weighted by Gasteiger charge is 2.41. The second-order valence-electron chi connectivity index (χ2n) is 5.70. The van der Waals surface area contributed by atoms with Gasteiger partial charge in [0.2, 0.25) is 0 Å². The van der Waals surface area contributed by atoms with Crippen LogP contribution in [0.15, 0.2) is 23.9 Å². The van der Waals surface area contributed by atoms with E-state index in [4.69, 9.17) is 5.11 Å². The summed E-state index contributed by atoms with van der Waals surface area (Å²) in [5.74, 6) is -3.19. The first kappa shape index (κ1) is 21.4. The predicted molar refractivity (Wildman–Crippen MR) is 82.0 cm³/mol. The van der Waals surface area contributed by atoms with Gasteiger partial charge in [-0.3, -0.25) is 19.3 Å². The van der Waals surface area contributed by atoms with Crippen molar-refractivity contribution in [1.82, 2.24) is 4.90 Å². The molecule has 0 saturated carbocycles. The van der Waals surface area contributed by atoms with Gasteiger partial charge in [-0.25, -0.2) is 0 Å². The van der Waals surface area contributed by atoms with Crippen molar-refractivity contribution < 1.29 is 45.8 Å². The molecule has 28 heavy (non-hydrogen) atoms. The first-order valence-corrected chi connectivity index (χ1v) is 7.56. The number of Topliss-reactive ketones (excluding diaryl/α,β-unsaturated/α-hetero) is 1. The van der Waals surface area contributed by atoms with Gasteiger partial charge >= 0.3 is 12.4 Å². The minimum Gasteiger partial charge on any atom is -0.395 e. The topological polar surface area (TPSA) is 86.7 Å². The third kappa shape index (κ3) is 4.16. The number of alkyl halides is 6. The van der Waals surface area contributed by atoms with Crippen molar-refractivity contribution in [3.05, 3.63) is 40.6 Å². The Morgan fingerprint density at radius 3 is 2.18 bits per heavy atom. The van der Waals surface area contributed by atoms with E-state index in [1.807, 2.05) is 5.32 Å². The van der Waals surface area contributed by atoms with Gasteiger partial charge in [-0.15, -0.1) is 0 Å². The molecule has 0 fully saturated rings. The van der Waals surface area contributed by atoms with E-state index in [1.165, 1.54) is 0 Å². The Labute approximate surface area is 153 Å². The number of aliphatic hydroxyl groups excluding tert-OH is 1. The summed E-state index contributed by atoms with van der Waals surface area (Å²) in [5.41, 5.74) is -6.19. The van der Waals surface area contributed by atoms with Crippen molar-refractivity contribution in [3.63, 3.8) is 0 Å². The third-order valence-electron chi connectivity index (χ3n) is 3.73. The summed E-state index contributed by atoms with van der Waals surface area (Å²) in [6.45, 7) is -0.300. The van der Waals surface area contributed by atoms with Crippen LogP contribution in [-0.4, -0.2) is 40.8 Å². The quantitative estimate of drug-likeness (QED) is 0.443. The molecule has 1 aromatic rings. The number of ketones is 1. The molecule has 0 radical (unpaired) electrons. The van der Waals surface area contributed by atoms with Crippen LogP contribution in [0.5, 0.6) is 0 Å². The Morgan fingerprint density at radius 2 is 1.71 bits per heavy atom. The molecule has 1 heterocycles. The molecule has 0 aromatic heterocycles. The Morgan fingerprint density at radius 1 is 1.11 bits per heavy atom. The normalized spacial score (nSPS) is 15.1. The van der Waals surface area contributed by atoms with Crippen molar-refractivity contribution in [3.8, 4) is 0 Å². The summed E-state index contributed by atoms with van der Waals surface area (Å²) in [6.07, 6.45) is -9.81. The van der Waals surface area contributed by atoms with Crippen LogP contribution < -0.4 is 5.32 Å².